The first-order chi connectivity index (χ1) is 13.3. The highest BCUT2D eigenvalue weighted by Crippen LogP contribution is 2.24. The summed E-state index contributed by atoms with van der Waals surface area (Å²) in [6.07, 6.45) is 0.516. The van der Waals surface area contributed by atoms with Gasteiger partial charge in [0.05, 0.1) is 11.4 Å². The minimum Gasteiger partial charge on any atom is -0.481 e. The van der Waals surface area contributed by atoms with Crippen LogP contribution in [0.3, 0.4) is 0 Å². The molecule has 1 atom stereocenters. The van der Waals surface area contributed by atoms with E-state index in [1.165, 1.54) is 6.07 Å². The molecule has 0 saturated heterocycles. The number of nitrogens with zero attached hydrogens (tertiary/aromatic N) is 1. The third kappa shape index (κ3) is 3.76. The van der Waals surface area contributed by atoms with Crippen molar-refractivity contribution in [3.8, 4) is 0 Å². The Balaban J connectivity index is 1.74. The summed E-state index contributed by atoms with van der Waals surface area (Å²) in [5, 5.41) is 12.5. The summed E-state index contributed by atoms with van der Waals surface area (Å²) in [4.78, 5) is 23.8. The number of carbonyl (C=O) groups is 2. The number of carbonyl (C=O) groups excluding carboxylic acids is 1. The zero-order valence-electron chi connectivity index (χ0n) is 16.1. The standard InChI is InChI=1S/C22H23FN2O3/c1-4-16(22(27)28)15-7-5-14(6-8-15)12-24-21(26)20-11-17-18(23)9-13(2)10-19(17)25(20)3/h5-11,16H,4,12H2,1-3H3,(H,24,26)(H,27,28). The first-order valence-electron chi connectivity index (χ1n) is 9.17. The van der Waals surface area contributed by atoms with Crippen LogP contribution in [0.2, 0.25) is 0 Å². The van der Waals surface area contributed by atoms with Crippen LogP contribution in [-0.2, 0) is 18.4 Å². The molecule has 28 heavy (non-hydrogen) atoms. The van der Waals surface area contributed by atoms with Crippen LogP contribution in [0.4, 0.5) is 4.39 Å². The van der Waals surface area contributed by atoms with E-state index in [0.717, 1.165) is 16.7 Å². The smallest absolute Gasteiger partial charge is 0.310 e. The van der Waals surface area contributed by atoms with Crippen molar-refractivity contribution in [2.45, 2.75) is 32.7 Å². The number of rotatable bonds is 6. The van der Waals surface area contributed by atoms with Gasteiger partial charge in [0.15, 0.2) is 0 Å². The lowest BCUT2D eigenvalue weighted by Gasteiger charge is -2.11. The summed E-state index contributed by atoms with van der Waals surface area (Å²) in [6.45, 7) is 3.94. The number of carboxylic acid groups (broad SMARTS) is 1. The van der Waals surface area contributed by atoms with Gasteiger partial charge in [-0.1, -0.05) is 31.2 Å². The summed E-state index contributed by atoms with van der Waals surface area (Å²) in [7, 11) is 1.74. The van der Waals surface area contributed by atoms with Gasteiger partial charge in [0.2, 0.25) is 0 Å². The fraction of sp³-hybridized carbons (Fsp3) is 0.273. The van der Waals surface area contributed by atoms with E-state index in [1.807, 2.05) is 32.0 Å². The second-order valence-electron chi connectivity index (χ2n) is 6.99. The molecule has 0 aliphatic rings. The number of aromatic nitrogens is 1. The van der Waals surface area contributed by atoms with Crippen molar-refractivity contribution in [1.82, 2.24) is 9.88 Å². The Bertz CT molecular complexity index is 1040. The molecule has 5 nitrogen and oxygen atoms in total. The third-order valence-electron chi connectivity index (χ3n) is 5.03. The molecule has 1 unspecified atom stereocenters. The monoisotopic (exact) mass is 382 g/mol. The maximum Gasteiger partial charge on any atom is 0.310 e. The second-order valence-corrected chi connectivity index (χ2v) is 6.99. The highest BCUT2D eigenvalue weighted by atomic mass is 19.1. The molecule has 0 aliphatic heterocycles. The molecule has 2 aromatic carbocycles. The van der Waals surface area contributed by atoms with E-state index >= 15 is 0 Å². The number of halogens is 1. The van der Waals surface area contributed by atoms with Crippen LogP contribution in [0.1, 0.15) is 46.4 Å². The molecule has 0 radical (unpaired) electrons. The maximum absolute atomic E-state index is 14.2. The van der Waals surface area contributed by atoms with E-state index in [2.05, 4.69) is 5.32 Å². The average Bonchev–Trinajstić information content (AvgIpc) is 2.98. The SMILES string of the molecule is CCC(C(=O)O)c1ccc(CNC(=O)c2cc3c(F)cc(C)cc3n2C)cc1. The lowest BCUT2D eigenvalue weighted by atomic mass is 9.96. The van der Waals surface area contributed by atoms with Gasteiger partial charge in [0.1, 0.15) is 11.5 Å². The minimum atomic E-state index is -0.846. The van der Waals surface area contributed by atoms with Crippen LogP contribution in [-0.4, -0.2) is 21.6 Å². The Kier molecular flexibility index (Phi) is 5.49. The predicted octanol–water partition coefficient (Wildman–Crippen LogP) is 4.13. The zero-order valence-corrected chi connectivity index (χ0v) is 16.1. The summed E-state index contributed by atoms with van der Waals surface area (Å²) in [5.74, 6) is -2.01. The Hall–Kier alpha value is -3.15. The van der Waals surface area contributed by atoms with Crippen molar-refractivity contribution in [3.63, 3.8) is 0 Å². The Morgan fingerprint density at radius 2 is 1.86 bits per heavy atom. The largest absolute Gasteiger partial charge is 0.481 e. The van der Waals surface area contributed by atoms with Gasteiger partial charge in [-0.2, -0.15) is 0 Å². The topological polar surface area (TPSA) is 71.3 Å². The molecule has 2 N–H and O–H groups in total. The molecule has 0 saturated carbocycles. The van der Waals surface area contributed by atoms with Crippen LogP contribution >= 0.6 is 0 Å². The van der Waals surface area contributed by atoms with Gasteiger partial charge in [-0.05, 0) is 48.2 Å². The maximum atomic E-state index is 14.2. The zero-order chi connectivity index (χ0) is 20.4. The van der Waals surface area contributed by atoms with E-state index < -0.39 is 11.9 Å². The van der Waals surface area contributed by atoms with Crippen LogP contribution in [0.5, 0.6) is 0 Å². The molecule has 1 heterocycles. The predicted molar refractivity (Wildman–Crippen MR) is 106 cm³/mol. The van der Waals surface area contributed by atoms with Crippen molar-refractivity contribution in [3.05, 3.63) is 70.7 Å². The second kappa shape index (κ2) is 7.84. The molecule has 1 amide bonds. The fourth-order valence-corrected chi connectivity index (χ4v) is 3.43. The molecule has 3 aromatic rings. The summed E-state index contributed by atoms with van der Waals surface area (Å²) in [5.41, 5.74) is 3.45. The first-order valence-corrected chi connectivity index (χ1v) is 9.17. The van der Waals surface area contributed by atoms with Crippen LogP contribution in [0, 0.1) is 12.7 Å². The van der Waals surface area contributed by atoms with E-state index in [4.69, 9.17) is 0 Å². The molecule has 0 bridgehead atoms. The van der Waals surface area contributed by atoms with Crippen molar-refractivity contribution < 1.29 is 19.1 Å². The molecule has 146 valence electrons. The van der Waals surface area contributed by atoms with Gasteiger partial charge < -0.3 is 15.0 Å². The number of nitrogens with one attached hydrogen (secondary N) is 1. The van der Waals surface area contributed by atoms with Gasteiger partial charge in [0.25, 0.3) is 5.91 Å². The van der Waals surface area contributed by atoms with E-state index in [1.54, 1.807) is 29.8 Å². The normalized spacial score (nSPS) is 12.1. The Morgan fingerprint density at radius 3 is 2.46 bits per heavy atom. The van der Waals surface area contributed by atoms with Gasteiger partial charge in [-0.15, -0.1) is 0 Å². The number of carboxylic acids is 1. The number of fused-ring (bicyclic) bond motifs is 1. The van der Waals surface area contributed by atoms with Crippen molar-refractivity contribution >= 4 is 22.8 Å². The van der Waals surface area contributed by atoms with E-state index in [9.17, 15) is 19.1 Å². The quantitative estimate of drug-likeness (QED) is 0.673. The van der Waals surface area contributed by atoms with Crippen LogP contribution in [0.25, 0.3) is 10.9 Å². The first kappa shape index (κ1) is 19.6. The molecular formula is C22H23FN2O3. The lowest BCUT2D eigenvalue weighted by Crippen LogP contribution is -2.24. The van der Waals surface area contributed by atoms with Gasteiger partial charge >= 0.3 is 5.97 Å². The highest BCUT2D eigenvalue weighted by molar-refractivity contribution is 5.99. The molecule has 1 aromatic heterocycles. The molecule has 6 heteroatoms. The number of hydrogen-bond donors (Lipinski definition) is 2. The van der Waals surface area contributed by atoms with Crippen LogP contribution < -0.4 is 5.32 Å². The third-order valence-corrected chi connectivity index (χ3v) is 5.03. The Labute approximate surface area is 162 Å². The summed E-state index contributed by atoms with van der Waals surface area (Å²) >= 11 is 0. The summed E-state index contributed by atoms with van der Waals surface area (Å²) < 4.78 is 15.8. The summed E-state index contributed by atoms with van der Waals surface area (Å²) in [6, 6.07) is 12.0. The van der Waals surface area contributed by atoms with Gasteiger partial charge in [-0.3, -0.25) is 9.59 Å². The molecule has 0 spiro atoms. The Morgan fingerprint density at radius 1 is 1.18 bits per heavy atom. The molecular weight excluding hydrogens is 359 g/mol. The van der Waals surface area contributed by atoms with Crippen molar-refractivity contribution in [2.24, 2.45) is 7.05 Å². The molecule has 0 aliphatic carbocycles. The van der Waals surface area contributed by atoms with E-state index in [0.29, 0.717) is 29.6 Å². The number of aryl methyl sites for hydroxylation is 2. The van der Waals surface area contributed by atoms with Crippen molar-refractivity contribution in [1.29, 1.82) is 0 Å². The van der Waals surface area contributed by atoms with E-state index in [-0.39, 0.29) is 11.7 Å². The number of benzene rings is 2. The van der Waals surface area contributed by atoms with Crippen molar-refractivity contribution in [2.75, 3.05) is 0 Å². The highest BCUT2D eigenvalue weighted by Gasteiger charge is 2.18. The lowest BCUT2D eigenvalue weighted by molar-refractivity contribution is -0.138. The number of aliphatic carboxylic acids is 1. The van der Waals surface area contributed by atoms with Crippen LogP contribution in [0.15, 0.2) is 42.5 Å². The van der Waals surface area contributed by atoms with Gasteiger partial charge in [-0.25, -0.2) is 4.39 Å². The van der Waals surface area contributed by atoms with Gasteiger partial charge in [0, 0.05) is 19.0 Å². The number of amides is 1. The number of hydrogen-bond acceptors (Lipinski definition) is 2. The average molecular weight is 382 g/mol. The molecule has 0 fully saturated rings. The minimum absolute atomic E-state index is 0.295. The fourth-order valence-electron chi connectivity index (χ4n) is 3.43. The molecule has 3 rings (SSSR count).